The summed E-state index contributed by atoms with van der Waals surface area (Å²) >= 11 is 0. The van der Waals surface area contributed by atoms with Crippen molar-refractivity contribution in [2.45, 2.75) is 25.8 Å². The Morgan fingerprint density at radius 1 is 1.03 bits per heavy atom. The molecule has 4 nitrogen and oxygen atoms in total. The standard InChI is InChI=1S/C25H25FN2O2/c1-17-4-2-3-5-19(17)14-18-15-24(27-16-18)25(29)28-21-8-12-23(13-9-21)30-22-10-6-20(26)7-11-22/h2-13,18,24,27H,14-16H2,1H3,(H,28,29)/t18-,24+/m1/s1. The van der Waals surface area contributed by atoms with Crippen LogP contribution in [-0.2, 0) is 11.2 Å². The molecule has 4 rings (SSSR count). The van der Waals surface area contributed by atoms with Gasteiger partial charge in [-0.05, 0) is 91.9 Å². The van der Waals surface area contributed by atoms with Gasteiger partial charge in [0.25, 0.3) is 0 Å². The Hall–Kier alpha value is -3.18. The van der Waals surface area contributed by atoms with Crippen LogP contribution in [0.25, 0.3) is 0 Å². The molecule has 2 atom stereocenters. The van der Waals surface area contributed by atoms with E-state index in [-0.39, 0.29) is 17.8 Å². The highest BCUT2D eigenvalue weighted by Crippen LogP contribution is 2.25. The van der Waals surface area contributed by atoms with E-state index in [1.807, 2.05) is 0 Å². The zero-order chi connectivity index (χ0) is 20.9. The quantitative estimate of drug-likeness (QED) is 0.602. The number of amides is 1. The molecule has 1 aliphatic heterocycles. The lowest BCUT2D eigenvalue weighted by Gasteiger charge is -2.13. The number of ether oxygens (including phenoxy) is 1. The molecule has 0 aliphatic carbocycles. The average Bonchev–Trinajstić information content (AvgIpc) is 3.22. The first-order valence-corrected chi connectivity index (χ1v) is 10.2. The predicted molar refractivity (Wildman–Crippen MR) is 116 cm³/mol. The molecule has 2 N–H and O–H groups in total. The number of carbonyl (C=O) groups excluding carboxylic acids is 1. The van der Waals surface area contributed by atoms with Crippen LogP contribution >= 0.6 is 0 Å². The van der Waals surface area contributed by atoms with Gasteiger partial charge < -0.3 is 15.4 Å². The summed E-state index contributed by atoms with van der Waals surface area (Å²) in [7, 11) is 0. The van der Waals surface area contributed by atoms with Gasteiger partial charge >= 0.3 is 0 Å². The van der Waals surface area contributed by atoms with Gasteiger partial charge in [-0.1, -0.05) is 24.3 Å². The summed E-state index contributed by atoms with van der Waals surface area (Å²) in [6.07, 6.45) is 1.81. The van der Waals surface area contributed by atoms with Crippen molar-refractivity contribution < 1.29 is 13.9 Å². The van der Waals surface area contributed by atoms with E-state index in [4.69, 9.17) is 4.74 Å². The summed E-state index contributed by atoms with van der Waals surface area (Å²) in [6.45, 7) is 2.97. The summed E-state index contributed by atoms with van der Waals surface area (Å²) in [4.78, 5) is 12.6. The molecule has 154 valence electrons. The number of benzene rings is 3. The second-order valence-electron chi connectivity index (χ2n) is 7.76. The molecule has 1 aliphatic rings. The van der Waals surface area contributed by atoms with Crippen LogP contribution in [-0.4, -0.2) is 18.5 Å². The summed E-state index contributed by atoms with van der Waals surface area (Å²) in [5.41, 5.74) is 3.37. The summed E-state index contributed by atoms with van der Waals surface area (Å²) in [6, 6.07) is 21.2. The van der Waals surface area contributed by atoms with E-state index in [1.165, 1.54) is 23.3 Å². The molecule has 0 unspecified atom stereocenters. The van der Waals surface area contributed by atoms with Gasteiger partial charge in [0.15, 0.2) is 0 Å². The topological polar surface area (TPSA) is 50.4 Å². The van der Waals surface area contributed by atoms with Crippen LogP contribution in [0.5, 0.6) is 11.5 Å². The number of halogens is 1. The monoisotopic (exact) mass is 404 g/mol. The summed E-state index contributed by atoms with van der Waals surface area (Å²) in [5, 5.41) is 6.32. The van der Waals surface area contributed by atoms with Crippen LogP contribution in [0.4, 0.5) is 10.1 Å². The van der Waals surface area contributed by atoms with E-state index >= 15 is 0 Å². The minimum Gasteiger partial charge on any atom is -0.457 e. The fourth-order valence-corrected chi connectivity index (χ4v) is 3.79. The van der Waals surface area contributed by atoms with Crippen molar-refractivity contribution >= 4 is 11.6 Å². The molecule has 0 saturated carbocycles. The molecular formula is C25H25FN2O2. The van der Waals surface area contributed by atoms with Crippen molar-refractivity contribution in [1.29, 1.82) is 0 Å². The maximum Gasteiger partial charge on any atom is 0.241 e. The second kappa shape index (κ2) is 9.09. The lowest BCUT2D eigenvalue weighted by atomic mass is 9.94. The van der Waals surface area contributed by atoms with Gasteiger partial charge in [-0.3, -0.25) is 4.79 Å². The van der Waals surface area contributed by atoms with Crippen LogP contribution in [0.15, 0.2) is 72.8 Å². The number of carbonyl (C=O) groups is 1. The Labute approximate surface area is 176 Å². The number of hydrogen-bond acceptors (Lipinski definition) is 3. The van der Waals surface area contributed by atoms with Gasteiger partial charge in [-0.2, -0.15) is 0 Å². The van der Waals surface area contributed by atoms with E-state index in [2.05, 4.69) is 41.8 Å². The first kappa shape index (κ1) is 20.1. The fourth-order valence-electron chi connectivity index (χ4n) is 3.79. The van der Waals surface area contributed by atoms with Crippen LogP contribution < -0.4 is 15.4 Å². The molecule has 1 saturated heterocycles. The molecular weight excluding hydrogens is 379 g/mol. The number of anilines is 1. The smallest absolute Gasteiger partial charge is 0.241 e. The summed E-state index contributed by atoms with van der Waals surface area (Å²) < 4.78 is 18.7. The SMILES string of the molecule is Cc1ccccc1C[C@H]1CN[C@H](C(=O)Nc2ccc(Oc3ccc(F)cc3)cc2)C1. The van der Waals surface area contributed by atoms with Crippen LogP contribution in [0.3, 0.4) is 0 Å². The Balaban J connectivity index is 1.29. The molecule has 0 aromatic heterocycles. The molecule has 0 radical (unpaired) electrons. The van der Waals surface area contributed by atoms with Crippen molar-refractivity contribution in [2.75, 3.05) is 11.9 Å². The van der Waals surface area contributed by atoms with E-state index in [0.717, 1.165) is 25.1 Å². The largest absolute Gasteiger partial charge is 0.457 e. The highest BCUT2D eigenvalue weighted by atomic mass is 19.1. The maximum absolute atomic E-state index is 13.0. The first-order valence-electron chi connectivity index (χ1n) is 10.2. The van der Waals surface area contributed by atoms with Crippen molar-refractivity contribution in [3.05, 3.63) is 89.7 Å². The Morgan fingerprint density at radius 2 is 1.70 bits per heavy atom. The van der Waals surface area contributed by atoms with Crippen LogP contribution in [0.2, 0.25) is 0 Å². The Bertz CT molecular complexity index is 1000. The van der Waals surface area contributed by atoms with Crippen LogP contribution in [0.1, 0.15) is 17.5 Å². The molecule has 0 bridgehead atoms. The zero-order valence-corrected chi connectivity index (χ0v) is 16.9. The van der Waals surface area contributed by atoms with Gasteiger partial charge in [0, 0.05) is 5.69 Å². The lowest BCUT2D eigenvalue weighted by Crippen LogP contribution is -2.35. The first-order chi connectivity index (χ1) is 14.6. The van der Waals surface area contributed by atoms with E-state index in [0.29, 0.717) is 17.4 Å². The molecule has 5 heteroatoms. The molecule has 1 fully saturated rings. The molecule has 1 amide bonds. The number of hydrogen-bond donors (Lipinski definition) is 2. The maximum atomic E-state index is 13.0. The van der Waals surface area contributed by atoms with Crippen molar-refractivity contribution in [1.82, 2.24) is 5.32 Å². The highest BCUT2D eigenvalue weighted by molar-refractivity contribution is 5.95. The second-order valence-corrected chi connectivity index (χ2v) is 7.76. The third-order valence-electron chi connectivity index (χ3n) is 5.48. The Kier molecular flexibility index (Phi) is 6.10. The molecule has 0 spiro atoms. The van der Waals surface area contributed by atoms with Gasteiger partial charge in [0.1, 0.15) is 17.3 Å². The minimum absolute atomic E-state index is 0.0190. The van der Waals surface area contributed by atoms with E-state index < -0.39 is 0 Å². The summed E-state index contributed by atoms with van der Waals surface area (Å²) in [5.74, 6) is 1.31. The van der Waals surface area contributed by atoms with Crippen LogP contribution in [0, 0.1) is 18.7 Å². The normalized spacial score (nSPS) is 18.2. The minimum atomic E-state index is -0.304. The third-order valence-corrected chi connectivity index (χ3v) is 5.48. The van der Waals surface area contributed by atoms with Gasteiger partial charge in [-0.25, -0.2) is 4.39 Å². The average molecular weight is 404 g/mol. The van der Waals surface area contributed by atoms with E-state index in [9.17, 15) is 9.18 Å². The number of rotatable bonds is 6. The Morgan fingerprint density at radius 3 is 2.40 bits per heavy atom. The molecule has 3 aromatic rings. The van der Waals surface area contributed by atoms with Gasteiger partial charge in [0.2, 0.25) is 5.91 Å². The molecule has 1 heterocycles. The number of nitrogens with one attached hydrogen (secondary N) is 2. The highest BCUT2D eigenvalue weighted by Gasteiger charge is 2.29. The lowest BCUT2D eigenvalue weighted by molar-refractivity contribution is -0.117. The zero-order valence-electron chi connectivity index (χ0n) is 16.9. The number of aryl methyl sites for hydroxylation is 1. The van der Waals surface area contributed by atoms with E-state index in [1.54, 1.807) is 36.4 Å². The third kappa shape index (κ3) is 5.05. The van der Waals surface area contributed by atoms with Crippen molar-refractivity contribution in [3.8, 4) is 11.5 Å². The molecule has 3 aromatic carbocycles. The molecule has 30 heavy (non-hydrogen) atoms. The van der Waals surface area contributed by atoms with Crippen molar-refractivity contribution in [3.63, 3.8) is 0 Å². The fraction of sp³-hybridized carbons (Fsp3) is 0.240. The predicted octanol–water partition coefficient (Wildman–Crippen LogP) is 5.09. The van der Waals surface area contributed by atoms with Gasteiger partial charge in [-0.15, -0.1) is 0 Å². The van der Waals surface area contributed by atoms with Crippen molar-refractivity contribution in [2.24, 2.45) is 5.92 Å². The van der Waals surface area contributed by atoms with Gasteiger partial charge in [0.05, 0.1) is 6.04 Å².